The van der Waals surface area contributed by atoms with Crippen LogP contribution in [0.2, 0.25) is 10.3 Å². The third kappa shape index (κ3) is 1.57. The molecule has 0 aliphatic rings. The van der Waals surface area contributed by atoms with Gasteiger partial charge in [-0.15, -0.1) is 0 Å². The quantitative estimate of drug-likeness (QED) is 0.704. The first-order valence-electron chi connectivity index (χ1n) is 4.29. The van der Waals surface area contributed by atoms with E-state index < -0.39 is 0 Å². The summed E-state index contributed by atoms with van der Waals surface area (Å²) in [4.78, 5) is 4.12. The van der Waals surface area contributed by atoms with E-state index in [4.69, 9.17) is 23.2 Å². The molecule has 0 atom stereocenters. The second-order valence-electron chi connectivity index (χ2n) is 3.40. The standard InChI is InChI=1S/C9H9Cl2N3/c1-5(2)6-3-9-12-7(10)4-8(11)14(9)13-6/h3-5H,1-2H3. The van der Waals surface area contributed by atoms with Crippen LogP contribution in [0.15, 0.2) is 12.1 Å². The van der Waals surface area contributed by atoms with Crippen LogP contribution in [0.1, 0.15) is 25.5 Å². The predicted molar refractivity (Wildman–Crippen MR) is 57.1 cm³/mol. The van der Waals surface area contributed by atoms with Crippen LogP contribution in [-0.2, 0) is 0 Å². The molecule has 2 heterocycles. The Morgan fingerprint density at radius 3 is 2.64 bits per heavy atom. The van der Waals surface area contributed by atoms with Gasteiger partial charge in [-0.2, -0.15) is 5.10 Å². The summed E-state index contributed by atoms with van der Waals surface area (Å²) in [6, 6.07) is 3.47. The lowest BCUT2D eigenvalue weighted by atomic mass is 10.1. The third-order valence-corrected chi connectivity index (χ3v) is 2.43. The average Bonchev–Trinajstić information content (AvgIpc) is 2.47. The molecule has 0 aliphatic carbocycles. The van der Waals surface area contributed by atoms with Crippen LogP contribution in [0.25, 0.3) is 5.65 Å². The molecule has 2 rings (SSSR count). The maximum absolute atomic E-state index is 5.96. The highest BCUT2D eigenvalue weighted by Gasteiger charge is 2.09. The van der Waals surface area contributed by atoms with Crippen molar-refractivity contribution in [2.45, 2.75) is 19.8 Å². The van der Waals surface area contributed by atoms with Crippen LogP contribution in [0, 0.1) is 0 Å². The number of rotatable bonds is 1. The maximum atomic E-state index is 5.96. The summed E-state index contributed by atoms with van der Waals surface area (Å²) >= 11 is 11.7. The van der Waals surface area contributed by atoms with E-state index in [1.54, 1.807) is 10.6 Å². The van der Waals surface area contributed by atoms with Gasteiger partial charge in [0.25, 0.3) is 0 Å². The molecule has 0 aromatic carbocycles. The Hall–Kier alpha value is -0.800. The number of nitrogens with zero attached hydrogens (tertiary/aromatic N) is 3. The molecule has 0 aliphatic heterocycles. The number of fused-ring (bicyclic) bond motifs is 1. The van der Waals surface area contributed by atoms with Crippen molar-refractivity contribution in [1.29, 1.82) is 0 Å². The largest absolute Gasteiger partial charge is 0.217 e. The lowest BCUT2D eigenvalue weighted by Crippen LogP contribution is -1.93. The normalized spacial score (nSPS) is 11.5. The molecule has 5 heteroatoms. The van der Waals surface area contributed by atoms with E-state index in [0.717, 1.165) is 5.69 Å². The zero-order valence-electron chi connectivity index (χ0n) is 7.83. The van der Waals surface area contributed by atoms with Gasteiger partial charge < -0.3 is 0 Å². The van der Waals surface area contributed by atoms with Crippen LogP contribution >= 0.6 is 23.2 Å². The van der Waals surface area contributed by atoms with Crippen LogP contribution in [0.4, 0.5) is 0 Å². The van der Waals surface area contributed by atoms with Gasteiger partial charge in [-0.05, 0) is 5.92 Å². The van der Waals surface area contributed by atoms with Gasteiger partial charge in [0.1, 0.15) is 10.3 Å². The fourth-order valence-corrected chi connectivity index (χ4v) is 1.68. The Labute approximate surface area is 91.7 Å². The molecular formula is C9H9Cl2N3. The topological polar surface area (TPSA) is 30.2 Å². The molecule has 0 fully saturated rings. The molecule has 0 saturated carbocycles. The minimum Gasteiger partial charge on any atom is -0.217 e. The van der Waals surface area contributed by atoms with Crippen LogP contribution < -0.4 is 0 Å². The van der Waals surface area contributed by atoms with Crippen molar-refractivity contribution in [3.05, 3.63) is 28.1 Å². The summed E-state index contributed by atoms with van der Waals surface area (Å²) in [6.07, 6.45) is 0. The Balaban J connectivity index is 2.70. The Bertz CT molecular complexity index is 476. The molecule has 74 valence electrons. The highest BCUT2D eigenvalue weighted by Crippen LogP contribution is 2.20. The Kier molecular flexibility index (Phi) is 2.37. The summed E-state index contributed by atoms with van der Waals surface area (Å²) in [7, 11) is 0. The van der Waals surface area contributed by atoms with Gasteiger partial charge in [-0.25, -0.2) is 9.50 Å². The fourth-order valence-electron chi connectivity index (χ4n) is 1.21. The Morgan fingerprint density at radius 1 is 1.29 bits per heavy atom. The van der Waals surface area contributed by atoms with Crippen molar-refractivity contribution < 1.29 is 0 Å². The molecule has 0 bridgehead atoms. The smallest absolute Gasteiger partial charge is 0.158 e. The molecule has 0 radical (unpaired) electrons. The van der Waals surface area contributed by atoms with Gasteiger partial charge in [0.15, 0.2) is 5.65 Å². The Morgan fingerprint density at radius 2 is 2.00 bits per heavy atom. The summed E-state index contributed by atoms with van der Waals surface area (Å²) in [5, 5.41) is 5.18. The maximum Gasteiger partial charge on any atom is 0.158 e. The first-order valence-corrected chi connectivity index (χ1v) is 5.05. The van der Waals surface area contributed by atoms with E-state index in [1.165, 1.54) is 0 Å². The van der Waals surface area contributed by atoms with Crippen molar-refractivity contribution in [2.75, 3.05) is 0 Å². The molecule has 0 saturated heterocycles. The zero-order chi connectivity index (χ0) is 10.3. The number of hydrogen-bond donors (Lipinski definition) is 0. The predicted octanol–water partition coefficient (Wildman–Crippen LogP) is 3.16. The van der Waals surface area contributed by atoms with E-state index in [2.05, 4.69) is 23.9 Å². The molecule has 0 N–H and O–H groups in total. The second-order valence-corrected chi connectivity index (χ2v) is 4.17. The lowest BCUT2D eigenvalue weighted by Gasteiger charge is -1.97. The SMILES string of the molecule is CC(C)c1cc2nc(Cl)cc(Cl)n2n1. The number of aromatic nitrogens is 3. The van der Waals surface area contributed by atoms with E-state index in [9.17, 15) is 0 Å². The molecule has 0 unspecified atom stereocenters. The van der Waals surface area contributed by atoms with E-state index in [-0.39, 0.29) is 0 Å². The minimum atomic E-state index is 0.353. The average molecular weight is 230 g/mol. The minimum absolute atomic E-state index is 0.353. The summed E-state index contributed by atoms with van der Waals surface area (Å²) in [5.41, 5.74) is 1.65. The van der Waals surface area contributed by atoms with Gasteiger partial charge in [0, 0.05) is 12.1 Å². The number of halogens is 2. The van der Waals surface area contributed by atoms with Crippen molar-refractivity contribution in [1.82, 2.24) is 14.6 Å². The molecule has 3 nitrogen and oxygen atoms in total. The van der Waals surface area contributed by atoms with Crippen LogP contribution in [0.5, 0.6) is 0 Å². The monoisotopic (exact) mass is 229 g/mol. The molecule has 2 aromatic rings. The number of hydrogen-bond acceptors (Lipinski definition) is 2. The van der Waals surface area contributed by atoms with Crippen molar-refractivity contribution in [3.63, 3.8) is 0 Å². The van der Waals surface area contributed by atoms with Crippen molar-refractivity contribution >= 4 is 28.8 Å². The molecular weight excluding hydrogens is 221 g/mol. The summed E-state index contributed by atoms with van der Waals surface area (Å²) < 4.78 is 1.59. The first-order chi connectivity index (χ1) is 6.58. The second kappa shape index (κ2) is 3.41. The third-order valence-electron chi connectivity index (χ3n) is 1.96. The van der Waals surface area contributed by atoms with Gasteiger partial charge in [-0.1, -0.05) is 37.0 Å². The lowest BCUT2D eigenvalue weighted by molar-refractivity contribution is 0.786. The molecule has 14 heavy (non-hydrogen) atoms. The highest BCUT2D eigenvalue weighted by molar-refractivity contribution is 6.33. The first kappa shape index (κ1) is 9.74. The fraction of sp³-hybridized carbons (Fsp3) is 0.333. The van der Waals surface area contributed by atoms with Crippen LogP contribution in [0.3, 0.4) is 0 Å². The van der Waals surface area contributed by atoms with Crippen molar-refractivity contribution in [2.24, 2.45) is 0 Å². The molecule has 0 amide bonds. The zero-order valence-corrected chi connectivity index (χ0v) is 9.34. The summed E-state index contributed by atoms with van der Waals surface area (Å²) in [5.74, 6) is 0.353. The van der Waals surface area contributed by atoms with E-state index in [0.29, 0.717) is 21.9 Å². The van der Waals surface area contributed by atoms with E-state index >= 15 is 0 Å². The van der Waals surface area contributed by atoms with Gasteiger partial charge >= 0.3 is 0 Å². The molecule has 0 spiro atoms. The summed E-state index contributed by atoms with van der Waals surface area (Å²) in [6.45, 7) is 4.13. The van der Waals surface area contributed by atoms with Gasteiger partial charge in [0.2, 0.25) is 0 Å². The van der Waals surface area contributed by atoms with Crippen molar-refractivity contribution in [3.8, 4) is 0 Å². The van der Waals surface area contributed by atoms with E-state index in [1.807, 2.05) is 6.07 Å². The highest BCUT2D eigenvalue weighted by atomic mass is 35.5. The molecule has 2 aromatic heterocycles. The van der Waals surface area contributed by atoms with Crippen LogP contribution in [-0.4, -0.2) is 14.6 Å². The van der Waals surface area contributed by atoms with Gasteiger partial charge in [-0.3, -0.25) is 0 Å². The van der Waals surface area contributed by atoms with Gasteiger partial charge in [0.05, 0.1) is 5.69 Å².